The first-order valence-corrected chi connectivity index (χ1v) is 12.5. The molecule has 0 amide bonds. The van der Waals surface area contributed by atoms with Gasteiger partial charge in [0.05, 0.1) is 40.8 Å². The number of halogens is 1. The Labute approximate surface area is 217 Å². The van der Waals surface area contributed by atoms with Crippen LogP contribution in [0.1, 0.15) is 24.1 Å². The van der Waals surface area contributed by atoms with Gasteiger partial charge in [-0.2, -0.15) is 5.10 Å². The molecule has 0 aliphatic carbocycles. The van der Waals surface area contributed by atoms with Crippen molar-refractivity contribution in [3.8, 4) is 29.7 Å². The highest BCUT2D eigenvalue weighted by atomic mass is 35.5. The predicted octanol–water partition coefficient (Wildman–Crippen LogP) is 4.62. The van der Waals surface area contributed by atoms with Gasteiger partial charge in [-0.1, -0.05) is 47.9 Å². The van der Waals surface area contributed by atoms with E-state index in [0.717, 1.165) is 36.4 Å². The highest BCUT2D eigenvalue weighted by Gasteiger charge is 2.26. The summed E-state index contributed by atoms with van der Waals surface area (Å²) in [4.78, 5) is 2.17. The second-order valence-electron chi connectivity index (χ2n) is 8.85. The summed E-state index contributed by atoms with van der Waals surface area (Å²) in [6, 6.07) is 17.2. The average Bonchev–Trinajstić information content (AvgIpc) is 3.49. The largest absolute Gasteiger partial charge is 0.437 e. The lowest BCUT2D eigenvalue weighted by atomic mass is 10.1. The lowest BCUT2D eigenvalue weighted by molar-refractivity contribution is 0.00935. The molecule has 7 nitrogen and oxygen atoms in total. The van der Waals surface area contributed by atoms with Crippen molar-refractivity contribution in [2.75, 3.05) is 32.9 Å². The molecule has 0 spiro atoms. The molecule has 1 fully saturated rings. The van der Waals surface area contributed by atoms with Crippen molar-refractivity contribution in [1.82, 2.24) is 14.7 Å². The number of terminal acetylenes is 1. The third-order valence-corrected chi connectivity index (χ3v) is 6.33. The number of hydrogen-bond donors (Lipinski definition) is 1. The first-order chi connectivity index (χ1) is 17.5. The van der Waals surface area contributed by atoms with E-state index < -0.39 is 6.10 Å². The molecular formula is C28H32ClN3O4. The molecular weight excluding hydrogens is 478 g/mol. The molecule has 2 heterocycles. The van der Waals surface area contributed by atoms with Crippen LogP contribution in [-0.2, 0) is 16.0 Å². The Morgan fingerprint density at radius 3 is 2.75 bits per heavy atom. The molecule has 1 aliphatic rings. The number of aryl methyl sites for hydroxylation is 1. The third-order valence-electron chi connectivity index (χ3n) is 6.01. The molecule has 0 saturated carbocycles. The number of aliphatic hydroxyl groups excluding tert-OH is 1. The van der Waals surface area contributed by atoms with E-state index >= 15 is 0 Å². The van der Waals surface area contributed by atoms with E-state index in [-0.39, 0.29) is 19.3 Å². The molecule has 8 heteroatoms. The summed E-state index contributed by atoms with van der Waals surface area (Å²) in [5.41, 5.74) is 2.62. The highest BCUT2D eigenvalue weighted by molar-refractivity contribution is 6.32. The number of benzene rings is 2. The standard InChI is InChI=1S/C28H32ClN3O4/c1-3-15-34-20-23(33)17-31(18-24-12-9-16-35-24)19-25-21(2)30-32(22-10-5-4-6-11-22)28(25)36-27-14-8-7-13-26(27)29/h1,4-8,10-11,13-14,23-24,33H,9,12,15-20H2,2H3/t23-,24+/m1/s1. The minimum Gasteiger partial charge on any atom is -0.437 e. The maximum Gasteiger partial charge on any atom is 0.227 e. The molecule has 1 N–H and O–H groups in total. The van der Waals surface area contributed by atoms with Crippen molar-refractivity contribution in [3.63, 3.8) is 0 Å². The number of aliphatic hydroxyl groups is 1. The number of nitrogens with zero attached hydrogens (tertiary/aromatic N) is 3. The molecule has 2 aromatic carbocycles. The summed E-state index contributed by atoms with van der Waals surface area (Å²) in [6.07, 6.45) is 6.71. The van der Waals surface area contributed by atoms with Gasteiger partial charge >= 0.3 is 0 Å². The molecule has 4 rings (SSSR count). The van der Waals surface area contributed by atoms with Crippen LogP contribution in [0.2, 0.25) is 5.02 Å². The molecule has 1 saturated heterocycles. The summed E-state index contributed by atoms with van der Waals surface area (Å²) in [6.45, 7) is 4.63. The summed E-state index contributed by atoms with van der Waals surface area (Å²) < 4.78 is 19.5. The zero-order chi connectivity index (χ0) is 25.3. The van der Waals surface area contributed by atoms with Crippen molar-refractivity contribution in [3.05, 3.63) is 70.9 Å². The van der Waals surface area contributed by atoms with E-state index in [9.17, 15) is 5.11 Å². The Balaban J connectivity index is 1.65. The van der Waals surface area contributed by atoms with Crippen molar-refractivity contribution < 1.29 is 19.3 Å². The number of rotatable bonds is 12. The maximum atomic E-state index is 10.6. The SMILES string of the molecule is C#CCOC[C@H](O)CN(Cc1c(C)nn(-c2ccccc2)c1Oc1ccccc1Cl)C[C@@H]1CCCO1. The van der Waals surface area contributed by atoms with Gasteiger partial charge in [-0.15, -0.1) is 6.42 Å². The van der Waals surface area contributed by atoms with E-state index in [4.69, 9.17) is 37.3 Å². The maximum absolute atomic E-state index is 10.6. The smallest absolute Gasteiger partial charge is 0.227 e. The fourth-order valence-corrected chi connectivity index (χ4v) is 4.48. The van der Waals surface area contributed by atoms with Crippen LogP contribution in [0.4, 0.5) is 0 Å². The third kappa shape index (κ3) is 6.88. The number of aromatic nitrogens is 2. The fourth-order valence-electron chi connectivity index (χ4n) is 4.31. The van der Waals surface area contributed by atoms with Crippen molar-refractivity contribution in [2.24, 2.45) is 0 Å². The van der Waals surface area contributed by atoms with Crippen molar-refractivity contribution in [1.29, 1.82) is 0 Å². The average molecular weight is 510 g/mol. The second kappa shape index (κ2) is 12.9. The molecule has 1 aliphatic heterocycles. The zero-order valence-electron chi connectivity index (χ0n) is 20.5. The summed E-state index contributed by atoms with van der Waals surface area (Å²) in [7, 11) is 0. The fraction of sp³-hybridized carbons (Fsp3) is 0.393. The van der Waals surface area contributed by atoms with Gasteiger partial charge in [0.2, 0.25) is 5.88 Å². The van der Waals surface area contributed by atoms with Crippen LogP contribution in [0.5, 0.6) is 11.6 Å². The Morgan fingerprint density at radius 2 is 2.03 bits per heavy atom. The van der Waals surface area contributed by atoms with E-state index in [1.54, 1.807) is 10.7 Å². The van der Waals surface area contributed by atoms with E-state index in [0.29, 0.717) is 36.3 Å². The normalized spacial score (nSPS) is 16.2. The Hall–Kier alpha value is -2.86. The van der Waals surface area contributed by atoms with Gasteiger partial charge in [0, 0.05) is 26.2 Å². The van der Waals surface area contributed by atoms with Crippen LogP contribution in [0.25, 0.3) is 5.69 Å². The van der Waals surface area contributed by atoms with Crippen LogP contribution in [-0.4, -0.2) is 64.9 Å². The molecule has 0 unspecified atom stereocenters. The first-order valence-electron chi connectivity index (χ1n) is 12.1. The molecule has 1 aromatic heterocycles. The van der Waals surface area contributed by atoms with Gasteiger partial charge < -0.3 is 19.3 Å². The van der Waals surface area contributed by atoms with E-state index in [1.165, 1.54) is 0 Å². The van der Waals surface area contributed by atoms with Gasteiger partial charge in [-0.3, -0.25) is 4.90 Å². The first kappa shape index (κ1) is 26.2. The number of para-hydroxylation sites is 2. The van der Waals surface area contributed by atoms with Crippen LogP contribution in [0.3, 0.4) is 0 Å². The Bertz CT molecular complexity index is 1160. The zero-order valence-corrected chi connectivity index (χ0v) is 21.2. The second-order valence-corrected chi connectivity index (χ2v) is 9.26. The molecule has 3 aromatic rings. The monoisotopic (exact) mass is 509 g/mol. The van der Waals surface area contributed by atoms with E-state index in [1.807, 2.05) is 55.5 Å². The minimum absolute atomic E-state index is 0.112. The Morgan fingerprint density at radius 1 is 1.25 bits per heavy atom. The number of hydrogen-bond acceptors (Lipinski definition) is 6. The number of ether oxygens (including phenoxy) is 3. The van der Waals surface area contributed by atoms with E-state index in [2.05, 4.69) is 10.8 Å². The highest BCUT2D eigenvalue weighted by Crippen LogP contribution is 2.35. The Kier molecular flexibility index (Phi) is 9.40. The van der Waals surface area contributed by atoms with Gasteiger partial charge in [-0.25, -0.2) is 4.68 Å². The van der Waals surface area contributed by atoms with Gasteiger partial charge in [0.15, 0.2) is 0 Å². The quantitative estimate of drug-likeness (QED) is 0.284. The molecule has 190 valence electrons. The minimum atomic E-state index is -0.697. The summed E-state index contributed by atoms with van der Waals surface area (Å²) in [5.74, 6) is 3.56. The lowest BCUT2D eigenvalue weighted by Crippen LogP contribution is -2.39. The molecule has 0 radical (unpaired) electrons. The molecule has 2 atom stereocenters. The topological polar surface area (TPSA) is 69.0 Å². The molecule has 0 bridgehead atoms. The predicted molar refractivity (Wildman–Crippen MR) is 140 cm³/mol. The van der Waals surface area contributed by atoms with Crippen LogP contribution in [0.15, 0.2) is 54.6 Å². The van der Waals surface area contributed by atoms with Gasteiger partial charge in [-0.05, 0) is 44.0 Å². The van der Waals surface area contributed by atoms with Crippen LogP contribution < -0.4 is 4.74 Å². The van der Waals surface area contributed by atoms with Crippen molar-refractivity contribution >= 4 is 11.6 Å². The van der Waals surface area contributed by atoms with Crippen LogP contribution in [0, 0.1) is 19.3 Å². The summed E-state index contributed by atoms with van der Waals surface area (Å²) in [5, 5.41) is 16.0. The molecule has 36 heavy (non-hydrogen) atoms. The summed E-state index contributed by atoms with van der Waals surface area (Å²) >= 11 is 6.44. The lowest BCUT2D eigenvalue weighted by Gasteiger charge is -2.27. The van der Waals surface area contributed by atoms with Crippen molar-refractivity contribution in [2.45, 2.75) is 38.5 Å². The van der Waals surface area contributed by atoms with Gasteiger partial charge in [0.1, 0.15) is 12.4 Å². The van der Waals surface area contributed by atoms with Gasteiger partial charge in [0.25, 0.3) is 0 Å². The van der Waals surface area contributed by atoms with Crippen LogP contribution >= 0.6 is 11.6 Å².